The number of para-hydroxylation sites is 1. The number of hydrogen-bond acceptors (Lipinski definition) is 7. The number of aromatic hydroxyl groups is 1. The van der Waals surface area contributed by atoms with Gasteiger partial charge >= 0.3 is 0 Å². The summed E-state index contributed by atoms with van der Waals surface area (Å²) in [6, 6.07) is 32.7. The monoisotopic (exact) mass is 697 g/mol. The fraction of sp³-hybridized carbons (Fsp3) is 0.217. The second kappa shape index (κ2) is 12.6. The van der Waals surface area contributed by atoms with E-state index in [1.165, 1.54) is 0 Å². The molecular weight excluding hydrogens is 655 g/mol. The Morgan fingerprint density at radius 1 is 0.679 bits per heavy atom. The predicted octanol–water partition coefficient (Wildman–Crippen LogP) is 12.0. The van der Waals surface area contributed by atoms with Gasteiger partial charge in [-0.25, -0.2) is 15.0 Å². The Labute approximate surface area is 310 Å². The number of benzene rings is 4. The van der Waals surface area contributed by atoms with Crippen LogP contribution in [-0.4, -0.2) is 25.0 Å². The van der Waals surface area contributed by atoms with Gasteiger partial charge in [0.05, 0.1) is 11.4 Å². The van der Waals surface area contributed by atoms with E-state index in [-0.39, 0.29) is 16.6 Å². The third-order valence-corrected chi connectivity index (χ3v) is 10.0. The number of anilines is 3. The van der Waals surface area contributed by atoms with Crippen molar-refractivity contribution in [1.29, 1.82) is 0 Å². The summed E-state index contributed by atoms with van der Waals surface area (Å²) >= 11 is 0. The van der Waals surface area contributed by atoms with Gasteiger partial charge in [-0.3, -0.25) is 9.88 Å². The van der Waals surface area contributed by atoms with Crippen LogP contribution in [-0.2, 0) is 10.8 Å². The first-order valence-electron chi connectivity index (χ1n) is 18.0. The lowest BCUT2D eigenvalue weighted by molar-refractivity contribution is 0.446. The molecule has 0 spiro atoms. The zero-order chi connectivity index (χ0) is 37.2. The summed E-state index contributed by atoms with van der Waals surface area (Å²) in [6.45, 7) is 17.1. The van der Waals surface area contributed by atoms with Crippen molar-refractivity contribution in [2.75, 3.05) is 4.90 Å². The molecule has 0 radical (unpaired) electrons. The number of phenolic OH excluding ortho intramolecular Hbond substituents is 1. The molecule has 0 bridgehead atoms. The maximum Gasteiger partial charge on any atom is 0.180 e. The van der Waals surface area contributed by atoms with Crippen LogP contribution in [0.5, 0.6) is 5.75 Å². The Balaban J connectivity index is 1.48. The zero-order valence-electron chi connectivity index (χ0n) is 31.5. The summed E-state index contributed by atoms with van der Waals surface area (Å²) in [5.74, 6) is 1.49. The number of rotatable bonds is 5. The lowest BCUT2D eigenvalue weighted by atomic mass is 9.78. The second-order valence-electron chi connectivity index (χ2n) is 15.9. The van der Waals surface area contributed by atoms with Crippen molar-refractivity contribution in [3.8, 4) is 28.4 Å². The van der Waals surface area contributed by atoms with E-state index in [0.29, 0.717) is 33.8 Å². The Hall–Kier alpha value is -6.08. The van der Waals surface area contributed by atoms with E-state index >= 15 is 0 Å². The van der Waals surface area contributed by atoms with Gasteiger partial charge < -0.3 is 9.52 Å². The fourth-order valence-corrected chi connectivity index (χ4v) is 7.21. The van der Waals surface area contributed by atoms with Crippen LogP contribution >= 0.6 is 0 Å². The molecule has 0 amide bonds. The quantitative estimate of drug-likeness (QED) is 0.191. The molecule has 1 N–H and O–H groups in total. The molecule has 7 heteroatoms. The van der Waals surface area contributed by atoms with Crippen LogP contribution < -0.4 is 4.90 Å². The van der Waals surface area contributed by atoms with Crippen LogP contribution in [0.4, 0.5) is 17.2 Å². The lowest BCUT2D eigenvalue weighted by Gasteiger charge is -2.28. The van der Waals surface area contributed by atoms with Crippen molar-refractivity contribution in [2.45, 2.75) is 66.2 Å². The van der Waals surface area contributed by atoms with Crippen molar-refractivity contribution in [3.63, 3.8) is 0 Å². The molecule has 0 fully saturated rings. The first kappa shape index (κ1) is 34.0. The minimum atomic E-state index is -0.328. The van der Waals surface area contributed by atoms with Crippen molar-refractivity contribution in [1.82, 2.24) is 19.9 Å². The average Bonchev–Trinajstić information content (AvgIpc) is 3.51. The molecule has 264 valence electrons. The highest BCUT2D eigenvalue weighted by Crippen LogP contribution is 2.46. The molecule has 0 aliphatic heterocycles. The maximum atomic E-state index is 12.1. The maximum absolute atomic E-state index is 12.1. The van der Waals surface area contributed by atoms with E-state index < -0.39 is 0 Å². The van der Waals surface area contributed by atoms with Gasteiger partial charge in [0.15, 0.2) is 11.4 Å². The van der Waals surface area contributed by atoms with E-state index in [9.17, 15) is 5.11 Å². The molecule has 53 heavy (non-hydrogen) atoms. The molecule has 7 nitrogen and oxygen atoms in total. The van der Waals surface area contributed by atoms with E-state index in [4.69, 9.17) is 19.4 Å². The molecule has 0 aliphatic carbocycles. The van der Waals surface area contributed by atoms with Crippen molar-refractivity contribution in [2.24, 2.45) is 0 Å². The fourth-order valence-electron chi connectivity index (χ4n) is 7.21. The minimum absolute atomic E-state index is 0.187. The van der Waals surface area contributed by atoms with Gasteiger partial charge in [-0.05, 0) is 95.1 Å². The number of phenols is 1. The highest BCUT2D eigenvalue weighted by molar-refractivity contribution is 6.08. The normalized spacial score (nSPS) is 12.2. The SMILES string of the molecule is Cc1ccnc(C)c1N(c1cc(-c2nc(-c3cc(C(C)(C)C)cc(C(C)(C)C)c3O)c3oc4ccccc4c3n2)c2ccccc2c1)c1ccccn1. The topological polar surface area (TPSA) is 88.2 Å². The Morgan fingerprint density at radius 3 is 2.13 bits per heavy atom. The van der Waals surface area contributed by atoms with Crippen LogP contribution in [0, 0.1) is 13.8 Å². The molecular formula is C46H43N5O2. The number of hydrogen-bond donors (Lipinski definition) is 1. The van der Waals surface area contributed by atoms with Gasteiger partial charge in [0.25, 0.3) is 0 Å². The Morgan fingerprint density at radius 2 is 1.42 bits per heavy atom. The molecule has 4 heterocycles. The van der Waals surface area contributed by atoms with E-state index in [0.717, 1.165) is 61.3 Å². The zero-order valence-corrected chi connectivity index (χ0v) is 31.5. The van der Waals surface area contributed by atoms with Crippen LogP contribution in [0.15, 0.2) is 114 Å². The van der Waals surface area contributed by atoms with E-state index in [1.54, 1.807) is 0 Å². The van der Waals surface area contributed by atoms with Crippen molar-refractivity contribution >= 4 is 50.0 Å². The number of pyridine rings is 2. The molecule has 0 unspecified atom stereocenters. The Kier molecular flexibility index (Phi) is 8.06. The molecule has 4 aromatic carbocycles. The molecule has 4 aromatic heterocycles. The van der Waals surface area contributed by atoms with E-state index in [1.807, 2.05) is 80.0 Å². The summed E-state index contributed by atoms with van der Waals surface area (Å²) in [5.41, 5.74) is 9.19. The van der Waals surface area contributed by atoms with Gasteiger partial charge in [0.1, 0.15) is 28.4 Å². The molecule has 0 aliphatic rings. The summed E-state index contributed by atoms with van der Waals surface area (Å²) in [4.78, 5) is 22.3. The number of fused-ring (bicyclic) bond motifs is 4. The van der Waals surface area contributed by atoms with Crippen molar-refractivity contribution < 1.29 is 9.52 Å². The standard InChI is InChI=1S/C46H43N5O2/c1-27-20-22-47-28(2)41(27)51(38-19-13-14-21-48-38)31-23-29-15-9-10-16-32(29)34(26-31)44-49-39-33-17-11-12-18-37(33)53-43(39)40(50-44)35-24-30(45(3,4)5)25-36(42(35)52)46(6,7)8/h9-26,52H,1-8H3. The van der Waals surface area contributed by atoms with Crippen LogP contribution in [0.1, 0.15) is 63.9 Å². The third kappa shape index (κ3) is 5.96. The largest absolute Gasteiger partial charge is 0.507 e. The van der Waals surface area contributed by atoms with Gasteiger partial charge in [0, 0.05) is 40.2 Å². The second-order valence-corrected chi connectivity index (χ2v) is 15.9. The van der Waals surface area contributed by atoms with E-state index in [2.05, 4.69) is 94.7 Å². The van der Waals surface area contributed by atoms with Crippen LogP contribution in [0.3, 0.4) is 0 Å². The first-order valence-corrected chi connectivity index (χ1v) is 18.0. The Bertz CT molecular complexity index is 2660. The average molecular weight is 698 g/mol. The van der Waals surface area contributed by atoms with Gasteiger partial charge in [-0.15, -0.1) is 0 Å². The number of aromatic nitrogens is 4. The van der Waals surface area contributed by atoms with Gasteiger partial charge in [-0.1, -0.05) is 90.1 Å². The highest BCUT2D eigenvalue weighted by Gasteiger charge is 2.29. The molecule has 8 rings (SSSR count). The molecule has 0 atom stereocenters. The van der Waals surface area contributed by atoms with Crippen molar-refractivity contribution in [3.05, 3.63) is 132 Å². The number of furan rings is 1. The highest BCUT2D eigenvalue weighted by atomic mass is 16.3. The number of aryl methyl sites for hydroxylation is 2. The molecule has 8 aromatic rings. The summed E-state index contributed by atoms with van der Waals surface area (Å²) in [7, 11) is 0. The lowest BCUT2D eigenvalue weighted by Crippen LogP contribution is -2.17. The number of nitrogens with zero attached hydrogens (tertiary/aromatic N) is 5. The minimum Gasteiger partial charge on any atom is -0.507 e. The molecule has 0 saturated heterocycles. The van der Waals surface area contributed by atoms with Crippen LogP contribution in [0.25, 0.3) is 55.5 Å². The summed E-state index contributed by atoms with van der Waals surface area (Å²) in [6.07, 6.45) is 3.65. The predicted molar refractivity (Wildman–Crippen MR) is 216 cm³/mol. The van der Waals surface area contributed by atoms with Gasteiger partial charge in [0.2, 0.25) is 0 Å². The smallest absolute Gasteiger partial charge is 0.180 e. The third-order valence-electron chi connectivity index (χ3n) is 10.0. The summed E-state index contributed by atoms with van der Waals surface area (Å²) < 4.78 is 6.57. The first-order chi connectivity index (χ1) is 25.3. The van der Waals surface area contributed by atoms with Gasteiger partial charge in [-0.2, -0.15) is 0 Å². The summed E-state index contributed by atoms with van der Waals surface area (Å²) in [5, 5.41) is 15.0. The molecule has 0 saturated carbocycles. The van der Waals surface area contributed by atoms with Crippen LogP contribution in [0.2, 0.25) is 0 Å².